The van der Waals surface area contributed by atoms with Crippen LogP contribution in [0.5, 0.6) is 11.5 Å². The van der Waals surface area contributed by atoms with E-state index in [4.69, 9.17) is 14.2 Å². The van der Waals surface area contributed by atoms with E-state index in [-0.39, 0.29) is 5.78 Å². The Labute approximate surface area is 139 Å². The topological polar surface area (TPSA) is 68.8 Å². The molecule has 0 saturated carbocycles. The summed E-state index contributed by atoms with van der Waals surface area (Å²) in [4.78, 5) is 12.8. The lowest BCUT2D eigenvalue weighted by Crippen LogP contribution is -2.18. The zero-order valence-corrected chi connectivity index (χ0v) is 13.3. The third kappa shape index (κ3) is 2.23. The van der Waals surface area contributed by atoms with Crippen LogP contribution >= 0.6 is 0 Å². The standard InChI is InChI=1S/C18H16N2O4/c1-22-11-7-10(8-12(9-11)23-2)17-16(21)15-18(24-17)20-14-6-4-3-5-13(14)19-15/h3-9,17,19-20H,1-2H3. The van der Waals surface area contributed by atoms with E-state index in [0.717, 1.165) is 11.4 Å². The maximum absolute atomic E-state index is 12.8. The average Bonchev–Trinajstić information content (AvgIpc) is 2.95. The molecule has 4 rings (SSSR count). The van der Waals surface area contributed by atoms with Crippen molar-refractivity contribution in [1.29, 1.82) is 0 Å². The fourth-order valence-corrected chi connectivity index (χ4v) is 2.84. The number of nitrogens with one attached hydrogen (secondary N) is 2. The molecule has 122 valence electrons. The molecule has 0 saturated heterocycles. The summed E-state index contributed by atoms with van der Waals surface area (Å²) in [6.45, 7) is 0. The number of para-hydroxylation sites is 2. The van der Waals surface area contributed by atoms with Crippen LogP contribution in [0.4, 0.5) is 11.4 Å². The van der Waals surface area contributed by atoms with Crippen molar-refractivity contribution in [3.8, 4) is 11.5 Å². The van der Waals surface area contributed by atoms with Gasteiger partial charge in [0.05, 0.1) is 25.6 Å². The molecule has 0 bridgehead atoms. The molecule has 0 amide bonds. The molecule has 2 aromatic carbocycles. The highest BCUT2D eigenvalue weighted by molar-refractivity contribution is 6.06. The Morgan fingerprint density at radius 3 is 2.21 bits per heavy atom. The summed E-state index contributed by atoms with van der Waals surface area (Å²) in [5, 5.41) is 6.30. The minimum atomic E-state index is -0.742. The Morgan fingerprint density at radius 1 is 0.958 bits per heavy atom. The number of carbonyl (C=O) groups excluding carboxylic acids is 1. The van der Waals surface area contributed by atoms with Gasteiger partial charge in [0.25, 0.3) is 0 Å². The van der Waals surface area contributed by atoms with Crippen molar-refractivity contribution in [3.05, 3.63) is 59.6 Å². The Balaban J connectivity index is 1.67. The SMILES string of the molecule is COc1cc(OC)cc(C2OC3=C(Nc4ccccc4N3)C2=O)c1. The first-order valence-electron chi connectivity index (χ1n) is 7.51. The largest absolute Gasteiger partial charge is 0.497 e. The van der Waals surface area contributed by atoms with Crippen molar-refractivity contribution in [2.75, 3.05) is 24.9 Å². The number of Topliss-reactive ketones (excluding diaryl/α,β-unsaturated/α-hetero) is 1. The number of anilines is 2. The summed E-state index contributed by atoms with van der Waals surface area (Å²) in [5.74, 6) is 1.51. The molecule has 2 heterocycles. The Hall–Kier alpha value is -3.15. The average molecular weight is 324 g/mol. The maximum Gasteiger partial charge on any atom is 0.229 e. The zero-order valence-electron chi connectivity index (χ0n) is 13.3. The molecule has 2 N–H and O–H groups in total. The number of methoxy groups -OCH3 is 2. The molecule has 2 aromatic rings. The van der Waals surface area contributed by atoms with E-state index in [0.29, 0.717) is 28.6 Å². The number of hydrogen-bond donors (Lipinski definition) is 2. The van der Waals surface area contributed by atoms with Gasteiger partial charge < -0.3 is 24.8 Å². The van der Waals surface area contributed by atoms with Crippen LogP contribution in [0.25, 0.3) is 0 Å². The first-order valence-corrected chi connectivity index (χ1v) is 7.51. The van der Waals surface area contributed by atoms with Gasteiger partial charge in [-0.05, 0) is 24.3 Å². The second-order valence-electron chi connectivity index (χ2n) is 5.51. The lowest BCUT2D eigenvalue weighted by atomic mass is 10.0. The number of ketones is 1. The molecule has 1 unspecified atom stereocenters. The molecule has 0 radical (unpaired) electrons. The van der Waals surface area contributed by atoms with Crippen LogP contribution in [0.3, 0.4) is 0 Å². The van der Waals surface area contributed by atoms with Gasteiger partial charge in [-0.15, -0.1) is 0 Å². The van der Waals surface area contributed by atoms with Crippen molar-refractivity contribution in [1.82, 2.24) is 0 Å². The van der Waals surface area contributed by atoms with Crippen LogP contribution in [0, 0.1) is 0 Å². The zero-order chi connectivity index (χ0) is 16.7. The first-order chi connectivity index (χ1) is 11.7. The molecule has 2 aliphatic rings. The van der Waals surface area contributed by atoms with Crippen molar-refractivity contribution in [2.24, 2.45) is 0 Å². The monoisotopic (exact) mass is 324 g/mol. The van der Waals surface area contributed by atoms with Crippen LogP contribution in [0.2, 0.25) is 0 Å². The number of benzene rings is 2. The third-order valence-electron chi connectivity index (χ3n) is 4.06. The van der Waals surface area contributed by atoms with E-state index in [2.05, 4.69) is 10.6 Å². The first kappa shape index (κ1) is 14.4. The van der Waals surface area contributed by atoms with Gasteiger partial charge in [-0.2, -0.15) is 0 Å². The summed E-state index contributed by atoms with van der Waals surface area (Å²) in [6.07, 6.45) is -0.742. The summed E-state index contributed by atoms with van der Waals surface area (Å²) in [7, 11) is 3.14. The second-order valence-corrected chi connectivity index (χ2v) is 5.51. The van der Waals surface area contributed by atoms with E-state index in [1.165, 1.54) is 0 Å². The number of rotatable bonds is 3. The van der Waals surface area contributed by atoms with Gasteiger partial charge >= 0.3 is 0 Å². The molecule has 24 heavy (non-hydrogen) atoms. The Kier molecular flexibility index (Phi) is 3.30. The van der Waals surface area contributed by atoms with E-state index >= 15 is 0 Å². The minimum absolute atomic E-state index is 0.137. The molecule has 2 aliphatic heterocycles. The van der Waals surface area contributed by atoms with Crippen LogP contribution < -0.4 is 20.1 Å². The van der Waals surface area contributed by atoms with Crippen molar-refractivity contribution in [2.45, 2.75) is 6.10 Å². The van der Waals surface area contributed by atoms with Gasteiger partial charge in [0, 0.05) is 11.6 Å². The van der Waals surface area contributed by atoms with E-state index in [9.17, 15) is 4.79 Å². The lowest BCUT2D eigenvalue weighted by molar-refractivity contribution is -0.121. The number of hydrogen-bond acceptors (Lipinski definition) is 6. The Bertz CT molecular complexity index is 838. The quantitative estimate of drug-likeness (QED) is 0.904. The van der Waals surface area contributed by atoms with E-state index in [1.807, 2.05) is 24.3 Å². The maximum atomic E-state index is 12.8. The van der Waals surface area contributed by atoms with Gasteiger partial charge in [0.1, 0.15) is 17.2 Å². The van der Waals surface area contributed by atoms with Gasteiger partial charge in [-0.3, -0.25) is 4.79 Å². The van der Waals surface area contributed by atoms with E-state index in [1.54, 1.807) is 32.4 Å². The van der Waals surface area contributed by atoms with Gasteiger partial charge in [0.2, 0.25) is 11.7 Å². The molecule has 0 fully saturated rings. The van der Waals surface area contributed by atoms with Crippen LogP contribution in [0.15, 0.2) is 54.0 Å². The number of ether oxygens (including phenoxy) is 3. The normalized spacial score (nSPS) is 18.1. The highest BCUT2D eigenvalue weighted by Crippen LogP contribution is 2.40. The van der Waals surface area contributed by atoms with Crippen LogP contribution in [-0.2, 0) is 9.53 Å². The molecule has 0 aliphatic carbocycles. The summed E-state index contributed by atoms with van der Waals surface area (Å²) < 4.78 is 16.4. The minimum Gasteiger partial charge on any atom is -0.497 e. The van der Waals surface area contributed by atoms with Gasteiger partial charge in [-0.1, -0.05) is 12.1 Å². The predicted molar refractivity (Wildman–Crippen MR) is 89.1 cm³/mol. The lowest BCUT2D eigenvalue weighted by Gasteiger charge is -2.19. The summed E-state index contributed by atoms with van der Waals surface area (Å²) in [6, 6.07) is 12.9. The molecule has 0 spiro atoms. The van der Waals surface area contributed by atoms with Crippen LogP contribution in [0.1, 0.15) is 11.7 Å². The number of fused-ring (bicyclic) bond motifs is 1. The summed E-state index contributed by atoms with van der Waals surface area (Å²) >= 11 is 0. The molecule has 1 atom stereocenters. The second kappa shape index (κ2) is 5.49. The Morgan fingerprint density at radius 2 is 1.58 bits per heavy atom. The molecule has 0 aromatic heterocycles. The highest BCUT2D eigenvalue weighted by Gasteiger charge is 2.39. The fraction of sp³-hybridized carbons (Fsp3) is 0.167. The molecule has 6 heteroatoms. The number of carbonyl (C=O) groups is 1. The smallest absolute Gasteiger partial charge is 0.229 e. The van der Waals surface area contributed by atoms with Gasteiger partial charge in [-0.25, -0.2) is 0 Å². The highest BCUT2D eigenvalue weighted by atomic mass is 16.5. The van der Waals surface area contributed by atoms with Crippen molar-refractivity contribution < 1.29 is 19.0 Å². The summed E-state index contributed by atoms with van der Waals surface area (Å²) in [5.41, 5.74) is 2.82. The molecular weight excluding hydrogens is 308 g/mol. The van der Waals surface area contributed by atoms with Crippen LogP contribution in [-0.4, -0.2) is 20.0 Å². The third-order valence-corrected chi connectivity index (χ3v) is 4.06. The van der Waals surface area contributed by atoms with Crippen molar-refractivity contribution in [3.63, 3.8) is 0 Å². The molecular formula is C18H16N2O4. The van der Waals surface area contributed by atoms with Crippen molar-refractivity contribution >= 4 is 17.2 Å². The van der Waals surface area contributed by atoms with Gasteiger partial charge in [0.15, 0.2) is 6.10 Å². The van der Waals surface area contributed by atoms with E-state index < -0.39 is 6.10 Å². The fourth-order valence-electron chi connectivity index (χ4n) is 2.84. The molecule has 6 nitrogen and oxygen atoms in total. The predicted octanol–water partition coefficient (Wildman–Crippen LogP) is 3.05.